The normalized spacial score (nSPS) is 11.0. The van der Waals surface area contributed by atoms with Crippen molar-refractivity contribution in [3.05, 3.63) is 65.8 Å². The second-order valence-electron chi connectivity index (χ2n) is 5.83. The van der Waals surface area contributed by atoms with Crippen LogP contribution in [0.5, 0.6) is 0 Å². The van der Waals surface area contributed by atoms with Crippen LogP contribution in [0.2, 0.25) is 0 Å². The number of aryl methyl sites for hydroxylation is 3. The summed E-state index contributed by atoms with van der Waals surface area (Å²) in [6.07, 6.45) is 6.75. The molecule has 26 heavy (non-hydrogen) atoms. The van der Waals surface area contributed by atoms with Crippen molar-refractivity contribution in [3.8, 4) is 0 Å². The zero-order chi connectivity index (χ0) is 18.5. The maximum Gasteiger partial charge on any atom is 0.248 e. The Labute approximate surface area is 156 Å². The Morgan fingerprint density at radius 2 is 1.85 bits per heavy atom. The Hall–Kier alpha value is -2.93. The standard InChI is InChI=1S/C19H19N5OS/c1-13-10-14(2)22-19(21-13)26-17-7-5-16(6-8-17)23-18(25)9-4-15-11-20-24(3)12-15/h4-12H,1-3H3,(H,23,25). The highest BCUT2D eigenvalue weighted by molar-refractivity contribution is 7.99. The summed E-state index contributed by atoms with van der Waals surface area (Å²) in [5, 5.41) is 7.61. The molecule has 0 bridgehead atoms. The van der Waals surface area contributed by atoms with E-state index in [-0.39, 0.29) is 5.91 Å². The van der Waals surface area contributed by atoms with E-state index in [1.54, 1.807) is 17.0 Å². The molecule has 1 aromatic carbocycles. The molecule has 7 heteroatoms. The summed E-state index contributed by atoms with van der Waals surface area (Å²) in [7, 11) is 1.83. The molecule has 0 radical (unpaired) electrons. The molecule has 6 nitrogen and oxygen atoms in total. The summed E-state index contributed by atoms with van der Waals surface area (Å²) in [4.78, 5) is 21.8. The van der Waals surface area contributed by atoms with Crippen LogP contribution in [0.25, 0.3) is 6.08 Å². The Morgan fingerprint density at radius 1 is 1.15 bits per heavy atom. The summed E-state index contributed by atoms with van der Waals surface area (Å²) in [6.45, 7) is 3.91. The topological polar surface area (TPSA) is 72.7 Å². The van der Waals surface area contributed by atoms with Crippen LogP contribution >= 0.6 is 11.8 Å². The van der Waals surface area contributed by atoms with Crippen molar-refractivity contribution in [1.29, 1.82) is 0 Å². The van der Waals surface area contributed by atoms with Crippen LogP contribution < -0.4 is 5.32 Å². The van der Waals surface area contributed by atoms with Gasteiger partial charge in [-0.15, -0.1) is 0 Å². The molecule has 132 valence electrons. The minimum atomic E-state index is -0.188. The molecule has 2 heterocycles. The molecule has 2 aromatic heterocycles. The summed E-state index contributed by atoms with van der Waals surface area (Å²) in [5.74, 6) is -0.188. The summed E-state index contributed by atoms with van der Waals surface area (Å²) in [5.41, 5.74) is 3.51. The molecular weight excluding hydrogens is 346 g/mol. The monoisotopic (exact) mass is 365 g/mol. The number of hydrogen-bond donors (Lipinski definition) is 1. The molecule has 3 aromatic rings. The Bertz CT molecular complexity index is 927. The van der Waals surface area contributed by atoms with Gasteiger partial charge in [-0.25, -0.2) is 9.97 Å². The summed E-state index contributed by atoms with van der Waals surface area (Å²) in [6, 6.07) is 9.54. The number of nitrogens with one attached hydrogen (secondary N) is 1. The number of amides is 1. The predicted octanol–water partition coefficient (Wildman–Crippen LogP) is 3.63. The molecule has 3 rings (SSSR count). The number of anilines is 1. The zero-order valence-corrected chi connectivity index (χ0v) is 15.6. The van der Waals surface area contributed by atoms with Gasteiger partial charge in [0.2, 0.25) is 5.91 Å². The van der Waals surface area contributed by atoms with Gasteiger partial charge in [0.25, 0.3) is 0 Å². The lowest BCUT2D eigenvalue weighted by Gasteiger charge is -2.05. The average Bonchev–Trinajstić information content (AvgIpc) is 2.99. The van der Waals surface area contributed by atoms with Gasteiger partial charge in [-0.2, -0.15) is 5.10 Å². The Morgan fingerprint density at radius 3 is 2.46 bits per heavy atom. The van der Waals surface area contributed by atoms with E-state index in [9.17, 15) is 4.79 Å². The van der Waals surface area contributed by atoms with Crippen molar-refractivity contribution in [2.75, 3.05) is 5.32 Å². The third-order valence-electron chi connectivity index (χ3n) is 3.44. The van der Waals surface area contributed by atoms with Gasteiger partial charge < -0.3 is 5.32 Å². The maximum atomic E-state index is 12.0. The molecule has 0 aliphatic rings. The van der Waals surface area contributed by atoms with Crippen molar-refractivity contribution in [1.82, 2.24) is 19.7 Å². The number of carbonyl (C=O) groups is 1. The van der Waals surface area contributed by atoms with E-state index in [0.717, 1.165) is 32.7 Å². The molecule has 1 N–H and O–H groups in total. The molecule has 0 aliphatic heterocycles. The van der Waals surface area contributed by atoms with Crippen LogP contribution in [-0.2, 0) is 11.8 Å². The molecule has 0 atom stereocenters. The van der Waals surface area contributed by atoms with Gasteiger partial charge >= 0.3 is 0 Å². The number of benzene rings is 1. The first kappa shape index (κ1) is 17.9. The van der Waals surface area contributed by atoms with E-state index >= 15 is 0 Å². The minimum Gasteiger partial charge on any atom is -0.323 e. The van der Waals surface area contributed by atoms with Gasteiger partial charge in [-0.3, -0.25) is 9.48 Å². The Balaban J connectivity index is 1.60. The van der Waals surface area contributed by atoms with Gasteiger partial charge in [0.05, 0.1) is 6.20 Å². The number of rotatable bonds is 5. The molecular formula is C19H19N5OS. The van der Waals surface area contributed by atoms with Crippen LogP contribution in [0, 0.1) is 13.8 Å². The van der Waals surface area contributed by atoms with Crippen LogP contribution in [0.4, 0.5) is 5.69 Å². The van der Waals surface area contributed by atoms with Crippen molar-refractivity contribution in [2.45, 2.75) is 23.9 Å². The highest BCUT2D eigenvalue weighted by atomic mass is 32.2. The minimum absolute atomic E-state index is 0.188. The van der Waals surface area contributed by atoms with Crippen LogP contribution in [0.15, 0.2) is 58.9 Å². The first-order valence-corrected chi connectivity index (χ1v) is 8.87. The van der Waals surface area contributed by atoms with E-state index in [4.69, 9.17) is 0 Å². The molecule has 0 fully saturated rings. The van der Waals surface area contributed by atoms with Crippen LogP contribution in [0.3, 0.4) is 0 Å². The van der Waals surface area contributed by atoms with Gasteiger partial charge in [-0.1, -0.05) is 0 Å². The molecule has 0 unspecified atom stereocenters. The third-order valence-corrected chi connectivity index (χ3v) is 4.32. The molecule has 0 saturated carbocycles. The van der Waals surface area contributed by atoms with E-state index in [0.29, 0.717) is 0 Å². The highest BCUT2D eigenvalue weighted by Gasteiger charge is 2.04. The molecule has 1 amide bonds. The lowest BCUT2D eigenvalue weighted by molar-refractivity contribution is -0.111. The van der Waals surface area contributed by atoms with E-state index in [1.165, 1.54) is 17.8 Å². The fourth-order valence-electron chi connectivity index (χ4n) is 2.33. The van der Waals surface area contributed by atoms with E-state index < -0.39 is 0 Å². The fraction of sp³-hybridized carbons (Fsp3) is 0.158. The van der Waals surface area contributed by atoms with E-state index in [2.05, 4.69) is 20.4 Å². The number of carbonyl (C=O) groups excluding carboxylic acids is 1. The average molecular weight is 365 g/mol. The number of nitrogens with zero attached hydrogens (tertiary/aromatic N) is 4. The van der Waals surface area contributed by atoms with Crippen molar-refractivity contribution in [2.24, 2.45) is 7.05 Å². The lowest BCUT2D eigenvalue weighted by Crippen LogP contribution is -2.07. The SMILES string of the molecule is Cc1cc(C)nc(Sc2ccc(NC(=O)C=Cc3cnn(C)c3)cc2)n1. The number of hydrogen-bond acceptors (Lipinski definition) is 5. The van der Waals surface area contributed by atoms with Crippen molar-refractivity contribution >= 4 is 29.4 Å². The highest BCUT2D eigenvalue weighted by Crippen LogP contribution is 2.26. The second kappa shape index (κ2) is 7.97. The third kappa shape index (κ3) is 5.03. The Kier molecular flexibility index (Phi) is 5.48. The second-order valence-corrected chi connectivity index (χ2v) is 6.87. The van der Waals surface area contributed by atoms with Crippen LogP contribution in [0.1, 0.15) is 17.0 Å². The van der Waals surface area contributed by atoms with Crippen molar-refractivity contribution < 1.29 is 4.79 Å². The predicted molar refractivity (Wildman–Crippen MR) is 103 cm³/mol. The van der Waals surface area contributed by atoms with Crippen LogP contribution in [-0.4, -0.2) is 25.7 Å². The van der Waals surface area contributed by atoms with Gasteiger partial charge in [0.1, 0.15) is 0 Å². The first-order chi connectivity index (χ1) is 12.5. The quantitative estimate of drug-likeness (QED) is 0.552. The lowest BCUT2D eigenvalue weighted by atomic mass is 10.3. The smallest absolute Gasteiger partial charge is 0.248 e. The van der Waals surface area contributed by atoms with Gasteiger partial charge in [0.15, 0.2) is 5.16 Å². The summed E-state index contributed by atoms with van der Waals surface area (Å²) < 4.78 is 1.69. The van der Waals surface area contributed by atoms with Gasteiger partial charge in [-0.05, 0) is 62.0 Å². The fourth-order valence-corrected chi connectivity index (χ4v) is 3.20. The number of aromatic nitrogens is 4. The maximum absolute atomic E-state index is 12.0. The van der Waals surface area contributed by atoms with E-state index in [1.807, 2.05) is 57.4 Å². The largest absolute Gasteiger partial charge is 0.323 e. The molecule has 0 spiro atoms. The van der Waals surface area contributed by atoms with Gasteiger partial charge in [0, 0.05) is 46.9 Å². The van der Waals surface area contributed by atoms with Crippen molar-refractivity contribution in [3.63, 3.8) is 0 Å². The molecule has 0 aliphatic carbocycles. The first-order valence-electron chi connectivity index (χ1n) is 8.06. The summed E-state index contributed by atoms with van der Waals surface area (Å²) >= 11 is 1.50. The zero-order valence-electron chi connectivity index (χ0n) is 14.8. The molecule has 0 saturated heterocycles.